The molecule has 1 nitrogen and oxygen atoms in total. The molecule has 14 heavy (non-hydrogen) atoms. The molecule has 0 spiro atoms. The summed E-state index contributed by atoms with van der Waals surface area (Å²) in [7, 11) is 0. The van der Waals surface area contributed by atoms with Gasteiger partial charge in [-0.15, -0.1) is 11.8 Å². The summed E-state index contributed by atoms with van der Waals surface area (Å²) in [6.45, 7) is 4.91. The lowest BCUT2D eigenvalue weighted by Gasteiger charge is -2.31. The molecule has 1 aliphatic heterocycles. The average Bonchev–Trinajstić information content (AvgIpc) is 2.72. The number of likely N-dealkylation sites (tertiary alicyclic amines) is 1. The van der Waals surface area contributed by atoms with Gasteiger partial charge in [0.15, 0.2) is 0 Å². The number of thioether (sulfide) groups is 1. The summed E-state index contributed by atoms with van der Waals surface area (Å²) in [5, 5.41) is 5.04. The maximum atomic E-state index is 2.60. The average molecular weight is 227 g/mol. The van der Waals surface area contributed by atoms with Gasteiger partial charge < -0.3 is 0 Å². The number of nitrogens with zero attached hydrogens (tertiary/aromatic N) is 1. The van der Waals surface area contributed by atoms with E-state index in [0.717, 1.165) is 0 Å². The van der Waals surface area contributed by atoms with Gasteiger partial charge in [0.2, 0.25) is 0 Å². The molecule has 1 aliphatic rings. The zero-order chi connectivity index (χ0) is 9.80. The number of hydrogen-bond acceptors (Lipinski definition) is 3. The predicted molar refractivity (Wildman–Crippen MR) is 65.1 cm³/mol. The van der Waals surface area contributed by atoms with E-state index in [9.17, 15) is 0 Å². The van der Waals surface area contributed by atoms with Crippen LogP contribution >= 0.6 is 23.1 Å². The van der Waals surface area contributed by atoms with Crippen molar-refractivity contribution in [3.63, 3.8) is 0 Å². The summed E-state index contributed by atoms with van der Waals surface area (Å²) in [6.07, 6.45) is 4.19. The molecular weight excluding hydrogens is 210 g/mol. The molecular formula is C11H17NS2. The van der Waals surface area contributed by atoms with E-state index in [1.54, 1.807) is 11.3 Å². The highest BCUT2D eigenvalue weighted by Gasteiger charge is 2.17. The van der Waals surface area contributed by atoms with Crippen LogP contribution in [0.4, 0.5) is 0 Å². The fourth-order valence-corrected chi connectivity index (χ4v) is 3.76. The van der Waals surface area contributed by atoms with Crippen LogP contribution in [-0.2, 0) is 0 Å². The van der Waals surface area contributed by atoms with Crippen LogP contribution in [0.5, 0.6) is 0 Å². The van der Waals surface area contributed by atoms with Gasteiger partial charge in [0.25, 0.3) is 0 Å². The van der Waals surface area contributed by atoms with Crippen molar-refractivity contribution in [2.75, 3.05) is 13.1 Å². The summed E-state index contributed by atoms with van der Waals surface area (Å²) in [5.41, 5.74) is 0. The SMILES string of the molecule is CC(Sc1ccsc1)N1CCCCC1. The molecule has 1 aromatic heterocycles. The predicted octanol–water partition coefficient (Wildman–Crippen LogP) is 3.67. The topological polar surface area (TPSA) is 3.24 Å². The van der Waals surface area contributed by atoms with Gasteiger partial charge in [-0.25, -0.2) is 0 Å². The van der Waals surface area contributed by atoms with Crippen LogP contribution in [0.3, 0.4) is 0 Å². The van der Waals surface area contributed by atoms with E-state index in [1.165, 1.54) is 37.2 Å². The van der Waals surface area contributed by atoms with E-state index in [1.807, 2.05) is 11.8 Å². The molecule has 0 aromatic carbocycles. The Hall–Kier alpha value is 0.01000. The number of thiophene rings is 1. The van der Waals surface area contributed by atoms with E-state index in [0.29, 0.717) is 5.37 Å². The zero-order valence-corrected chi connectivity index (χ0v) is 10.2. The molecule has 1 atom stereocenters. The Morgan fingerprint density at radius 1 is 1.36 bits per heavy atom. The molecule has 0 aliphatic carbocycles. The second-order valence-electron chi connectivity index (χ2n) is 3.77. The molecule has 0 bridgehead atoms. The molecule has 0 radical (unpaired) electrons. The van der Waals surface area contributed by atoms with Gasteiger partial charge in [0, 0.05) is 10.3 Å². The summed E-state index contributed by atoms with van der Waals surface area (Å²) in [5.74, 6) is 0. The molecule has 1 unspecified atom stereocenters. The van der Waals surface area contributed by atoms with Crippen molar-refractivity contribution in [3.05, 3.63) is 16.8 Å². The van der Waals surface area contributed by atoms with Crippen molar-refractivity contribution in [2.45, 2.75) is 36.5 Å². The lowest BCUT2D eigenvalue weighted by atomic mass is 10.1. The van der Waals surface area contributed by atoms with E-state index >= 15 is 0 Å². The summed E-state index contributed by atoms with van der Waals surface area (Å²) in [6, 6.07) is 2.22. The normalized spacial score (nSPS) is 20.9. The molecule has 1 fully saturated rings. The third kappa shape index (κ3) is 2.75. The fourth-order valence-electron chi connectivity index (χ4n) is 1.87. The first kappa shape index (κ1) is 10.5. The molecule has 1 aromatic rings. The first-order valence-corrected chi connectivity index (χ1v) is 7.11. The smallest absolute Gasteiger partial charge is 0.0576 e. The Labute approximate surface area is 94.5 Å². The third-order valence-electron chi connectivity index (χ3n) is 2.71. The summed E-state index contributed by atoms with van der Waals surface area (Å²) < 4.78 is 0. The maximum absolute atomic E-state index is 2.60. The van der Waals surface area contributed by atoms with Crippen molar-refractivity contribution in [2.24, 2.45) is 0 Å². The highest BCUT2D eigenvalue weighted by Crippen LogP contribution is 2.28. The fraction of sp³-hybridized carbons (Fsp3) is 0.636. The van der Waals surface area contributed by atoms with Crippen LogP contribution < -0.4 is 0 Å². The first-order valence-electron chi connectivity index (χ1n) is 5.29. The van der Waals surface area contributed by atoms with Gasteiger partial charge in [-0.05, 0) is 44.3 Å². The Kier molecular flexibility index (Phi) is 3.90. The molecule has 2 heterocycles. The lowest BCUT2D eigenvalue weighted by Crippen LogP contribution is -2.35. The highest BCUT2D eigenvalue weighted by atomic mass is 32.2. The molecule has 2 rings (SSSR count). The molecule has 1 saturated heterocycles. The largest absolute Gasteiger partial charge is 0.291 e. The van der Waals surface area contributed by atoms with Crippen LogP contribution in [0.1, 0.15) is 26.2 Å². The minimum Gasteiger partial charge on any atom is -0.291 e. The van der Waals surface area contributed by atoms with Crippen molar-refractivity contribution >= 4 is 23.1 Å². The minimum atomic E-state index is 0.643. The molecule has 0 saturated carbocycles. The van der Waals surface area contributed by atoms with Crippen molar-refractivity contribution < 1.29 is 0 Å². The van der Waals surface area contributed by atoms with Gasteiger partial charge >= 0.3 is 0 Å². The van der Waals surface area contributed by atoms with Gasteiger partial charge in [-0.3, -0.25) is 4.90 Å². The second-order valence-corrected chi connectivity index (χ2v) is 5.94. The quantitative estimate of drug-likeness (QED) is 0.725. The van der Waals surface area contributed by atoms with Crippen LogP contribution in [0.25, 0.3) is 0 Å². The number of hydrogen-bond donors (Lipinski definition) is 0. The van der Waals surface area contributed by atoms with Crippen molar-refractivity contribution in [1.82, 2.24) is 4.90 Å². The van der Waals surface area contributed by atoms with Crippen LogP contribution in [0, 0.1) is 0 Å². The number of piperidine rings is 1. The van der Waals surface area contributed by atoms with E-state index in [4.69, 9.17) is 0 Å². The Morgan fingerprint density at radius 3 is 2.79 bits per heavy atom. The molecule has 78 valence electrons. The third-order valence-corrected chi connectivity index (χ3v) is 4.70. The van der Waals surface area contributed by atoms with Crippen molar-refractivity contribution in [1.29, 1.82) is 0 Å². The van der Waals surface area contributed by atoms with Gasteiger partial charge in [0.05, 0.1) is 5.37 Å². The van der Waals surface area contributed by atoms with Crippen LogP contribution in [0.2, 0.25) is 0 Å². The maximum Gasteiger partial charge on any atom is 0.0576 e. The Morgan fingerprint density at radius 2 is 2.14 bits per heavy atom. The lowest BCUT2D eigenvalue weighted by molar-refractivity contribution is 0.222. The summed E-state index contributed by atoms with van der Waals surface area (Å²) in [4.78, 5) is 4.03. The minimum absolute atomic E-state index is 0.643. The van der Waals surface area contributed by atoms with Gasteiger partial charge in [-0.2, -0.15) is 11.3 Å². The number of rotatable bonds is 3. The first-order chi connectivity index (χ1) is 6.86. The zero-order valence-electron chi connectivity index (χ0n) is 8.61. The van der Waals surface area contributed by atoms with E-state index < -0.39 is 0 Å². The van der Waals surface area contributed by atoms with Gasteiger partial charge in [0.1, 0.15) is 0 Å². The highest BCUT2D eigenvalue weighted by molar-refractivity contribution is 8.00. The second kappa shape index (κ2) is 5.19. The molecule has 0 N–H and O–H groups in total. The molecule has 0 amide bonds. The standard InChI is InChI=1S/C11H17NS2/c1-10(12-6-3-2-4-7-12)14-11-5-8-13-9-11/h5,8-10H,2-4,6-7H2,1H3. The summed E-state index contributed by atoms with van der Waals surface area (Å²) >= 11 is 3.78. The monoisotopic (exact) mass is 227 g/mol. The van der Waals surface area contributed by atoms with Crippen LogP contribution in [0.15, 0.2) is 21.7 Å². The van der Waals surface area contributed by atoms with Crippen molar-refractivity contribution in [3.8, 4) is 0 Å². The molecule has 3 heteroatoms. The Bertz CT molecular complexity index is 252. The van der Waals surface area contributed by atoms with E-state index in [2.05, 4.69) is 28.7 Å². The van der Waals surface area contributed by atoms with Gasteiger partial charge in [-0.1, -0.05) is 6.42 Å². The Balaban J connectivity index is 1.85. The van der Waals surface area contributed by atoms with Crippen LogP contribution in [-0.4, -0.2) is 23.4 Å². The van der Waals surface area contributed by atoms with E-state index in [-0.39, 0.29) is 0 Å².